The third-order valence-corrected chi connectivity index (χ3v) is 5.87. The summed E-state index contributed by atoms with van der Waals surface area (Å²) < 4.78 is 18.8. The van der Waals surface area contributed by atoms with E-state index in [1.807, 2.05) is 91.0 Å². The van der Waals surface area contributed by atoms with Gasteiger partial charge in [-0.1, -0.05) is 103 Å². The quantitative estimate of drug-likeness (QED) is 0.255. The van der Waals surface area contributed by atoms with Crippen molar-refractivity contribution in [2.45, 2.75) is 44.6 Å². The number of benzene rings is 3. The summed E-state index contributed by atoms with van der Waals surface area (Å²) in [5, 5.41) is 11.1. The van der Waals surface area contributed by atoms with E-state index in [2.05, 4.69) is 13.2 Å². The second kappa shape index (κ2) is 15.1. The Bertz CT molecular complexity index is 975. The van der Waals surface area contributed by atoms with Crippen molar-refractivity contribution in [1.29, 1.82) is 0 Å². The fourth-order valence-corrected chi connectivity index (χ4v) is 3.95. The van der Waals surface area contributed by atoms with Crippen LogP contribution in [0.3, 0.4) is 0 Å². The SMILES string of the molecule is C=CC[C@H](O)[C@H](COCc1ccccc1)[C@@H](OCc1ccccc1)[C@@H](C=C)OCc1ccccc1. The Morgan fingerprint density at radius 2 is 1.17 bits per heavy atom. The lowest BCUT2D eigenvalue weighted by atomic mass is 9.90. The van der Waals surface area contributed by atoms with E-state index in [1.165, 1.54) is 0 Å². The van der Waals surface area contributed by atoms with Crippen LogP contribution in [0.2, 0.25) is 0 Å². The van der Waals surface area contributed by atoms with Crippen LogP contribution in [0.15, 0.2) is 116 Å². The van der Waals surface area contributed by atoms with Crippen molar-refractivity contribution in [3.05, 3.63) is 133 Å². The molecule has 0 aliphatic heterocycles. The van der Waals surface area contributed by atoms with Crippen molar-refractivity contribution < 1.29 is 19.3 Å². The van der Waals surface area contributed by atoms with Gasteiger partial charge in [0.15, 0.2) is 0 Å². The van der Waals surface area contributed by atoms with Crippen LogP contribution in [-0.2, 0) is 34.0 Å². The number of rotatable bonds is 16. The normalized spacial score (nSPS) is 14.5. The number of hydrogen-bond acceptors (Lipinski definition) is 4. The second-order valence-corrected chi connectivity index (χ2v) is 8.51. The Morgan fingerprint density at radius 3 is 1.66 bits per heavy atom. The van der Waals surface area contributed by atoms with Gasteiger partial charge in [-0.05, 0) is 23.1 Å². The van der Waals surface area contributed by atoms with Gasteiger partial charge in [0.05, 0.1) is 38.6 Å². The maximum atomic E-state index is 11.1. The van der Waals surface area contributed by atoms with E-state index in [4.69, 9.17) is 14.2 Å². The molecule has 184 valence electrons. The predicted octanol–water partition coefficient (Wildman–Crippen LogP) is 6.11. The molecule has 35 heavy (non-hydrogen) atoms. The van der Waals surface area contributed by atoms with Gasteiger partial charge < -0.3 is 19.3 Å². The molecule has 0 spiro atoms. The summed E-state index contributed by atoms with van der Waals surface area (Å²) in [7, 11) is 0. The van der Waals surface area contributed by atoms with E-state index < -0.39 is 18.3 Å². The van der Waals surface area contributed by atoms with Gasteiger partial charge in [-0.3, -0.25) is 0 Å². The molecule has 0 saturated carbocycles. The lowest BCUT2D eigenvalue weighted by Crippen LogP contribution is -2.44. The van der Waals surface area contributed by atoms with Gasteiger partial charge in [0.1, 0.15) is 6.10 Å². The Morgan fingerprint density at radius 1 is 0.686 bits per heavy atom. The molecule has 0 heterocycles. The molecule has 0 aliphatic rings. The van der Waals surface area contributed by atoms with Crippen LogP contribution in [0.5, 0.6) is 0 Å². The number of hydrogen-bond donors (Lipinski definition) is 1. The molecule has 0 saturated heterocycles. The average molecular weight is 473 g/mol. The Labute approximate surface area is 209 Å². The van der Waals surface area contributed by atoms with Gasteiger partial charge in [0.2, 0.25) is 0 Å². The van der Waals surface area contributed by atoms with Crippen molar-refractivity contribution in [2.75, 3.05) is 6.61 Å². The standard InChI is InChI=1S/C31H36O4/c1-3-14-29(32)28(24-33-21-25-15-8-5-9-16-25)31(35-23-27-19-12-7-13-20-27)30(4-2)34-22-26-17-10-6-11-18-26/h3-13,15-20,28-32H,1-2,14,21-24H2/t28-,29-,30+,31+/m0/s1. The van der Waals surface area contributed by atoms with Crippen LogP contribution in [0, 0.1) is 5.92 Å². The number of aliphatic hydroxyl groups excluding tert-OH is 1. The minimum atomic E-state index is -0.702. The molecule has 4 atom stereocenters. The first kappa shape index (κ1) is 26.6. The Kier molecular flexibility index (Phi) is 11.4. The summed E-state index contributed by atoms with van der Waals surface area (Å²) in [6.45, 7) is 9.39. The zero-order valence-electron chi connectivity index (χ0n) is 20.2. The first-order valence-corrected chi connectivity index (χ1v) is 12.1. The molecule has 0 aromatic heterocycles. The van der Waals surface area contributed by atoms with Crippen LogP contribution >= 0.6 is 0 Å². The van der Waals surface area contributed by atoms with E-state index in [0.717, 1.165) is 16.7 Å². The molecule has 3 rings (SSSR count). The molecule has 4 nitrogen and oxygen atoms in total. The lowest BCUT2D eigenvalue weighted by Gasteiger charge is -2.34. The molecule has 0 unspecified atom stereocenters. The molecule has 0 bridgehead atoms. The highest BCUT2D eigenvalue weighted by Crippen LogP contribution is 2.25. The van der Waals surface area contributed by atoms with Crippen molar-refractivity contribution >= 4 is 0 Å². The summed E-state index contributed by atoms with van der Waals surface area (Å²) in [5.41, 5.74) is 3.18. The third-order valence-electron chi connectivity index (χ3n) is 5.87. The molecular formula is C31H36O4. The van der Waals surface area contributed by atoms with Gasteiger partial charge in [-0.2, -0.15) is 0 Å². The lowest BCUT2D eigenvalue weighted by molar-refractivity contribution is -0.130. The van der Waals surface area contributed by atoms with Crippen molar-refractivity contribution in [3.8, 4) is 0 Å². The van der Waals surface area contributed by atoms with Gasteiger partial charge in [0, 0.05) is 5.92 Å². The first-order chi connectivity index (χ1) is 17.2. The molecule has 3 aromatic carbocycles. The van der Waals surface area contributed by atoms with Crippen molar-refractivity contribution in [1.82, 2.24) is 0 Å². The van der Waals surface area contributed by atoms with E-state index >= 15 is 0 Å². The largest absolute Gasteiger partial charge is 0.392 e. The van der Waals surface area contributed by atoms with Gasteiger partial charge in [-0.25, -0.2) is 0 Å². The van der Waals surface area contributed by atoms with E-state index in [0.29, 0.717) is 32.8 Å². The summed E-state index contributed by atoms with van der Waals surface area (Å²) in [5.74, 6) is -0.348. The molecule has 0 amide bonds. The summed E-state index contributed by atoms with van der Waals surface area (Å²) in [4.78, 5) is 0. The van der Waals surface area contributed by atoms with Gasteiger partial charge >= 0.3 is 0 Å². The van der Waals surface area contributed by atoms with Crippen LogP contribution in [0.1, 0.15) is 23.1 Å². The molecule has 0 aliphatic carbocycles. The molecule has 0 fully saturated rings. The highest BCUT2D eigenvalue weighted by molar-refractivity contribution is 5.15. The minimum absolute atomic E-state index is 0.308. The van der Waals surface area contributed by atoms with E-state index in [9.17, 15) is 5.11 Å². The molecule has 0 radical (unpaired) electrons. The zero-order chi connectivity index (χ0) is 24.7. The maximum Gasteiger partial charge on any atom is 0.102 e. The highest BCUT2D eigenvalue weighted by atomic mass is 16.5. The van der Waals surface area contributed by atoms with Gasteiger partial charge in [0.25, 0.3) is 0 Å². The monoisotopic (exact) mass is 472 g/mol. The van der Waals surface area contributed by atoms with Crippen molar-refractivity contribution in [2.24, 2.45) is 5.92 Å². The average Bonchev–Trinajstić information content (AvgIpc) is 2.91. The fraction of sp³-hybridized carbons (Fsp3) is 0.290. The topological polar surface area (TPSA) is 47.9 Å². The zero-order valence-corrected chi connectivity index (χ0v) is 20.2. The Balaban J connectivity index is 1.78. The minimum Gasteiger partial charge on any atom is -0.392 e. The molecule has 4 heteroatoms. The summed E-state index contributed by atoms with van der Waals surface area (Å²) in [6.07, 6.45) is 2.28. The van der Waals surface area contributed by atoms with Crippen LogP contribution in [-0.4, -0.2) is 30.0 Å². The maximum absolute atomic E-state index is 11.1. The smallest absolute Gasteiger partial charge is 0.102 e. The molecule has 3 aromatic rings. The molecular weight excluding hydrogens is 436 g/mol. The van der Waals surface area contributed by atoms with E-state index in [-0.39, 0.29) is 5.92 Å². The van der Waals surface area contributed by atoms with Crippen molar-refractivity contribution in [3.63, 3.8) is 0 Å². The fourth-order valence-electron chi connectivity index (χ4n) is 3.95. The Hall–Kier alpha value is -3.02. The van der Waals surface area contributed by atoms with Gasteiger partial charge in [-0.15, -0.1) is 13.2 Å². The first-order valence-electron chi connectivity index (χ1n) is 12.1. The predicted molar refractivity (Wildman–Crippen MR) is 141 cm³/mol. The number of ether oxygens (including phenoxy) is 3. The highest BCUT2D eigenvalue weighted by Gasteiger charge is 2.34. The van der Waals surface area contributed by atoms with Crippen LogP contribution in [0.4, 0.5) is 0 Å². The molecule has 1 N–H and O–H groups in total. The number of aliphatic hydroxyl groups is 1. The summed E-state index contributed by atoms with van der Waals surface area (Å²) >= 11 is 0. The van der Waals surface area contributed by atoms with Crippen LogP contribution < -0.4 is 0 Å². The second-order valence-electron chi connectivity index (χ2n) is 8.51. The summed E-state index contributed by atoms with van der Waals surface area (Å²) in [6, 6.07) is 30.0. The third kappa shape index (κ3) is 8.93. The van der Waals surface area contributed by atoms with Crippen LogP contribution in [0.25, 0.3) is 0 Å². The van der Waals surface area contributed by atoms with E-state index in [1.54, 1.807) is 12.2 Å².